The second kappa shape index (κ2) is 9.90. The van der Waals surface area contributed by atoms with Crippen LogP contribution in [0.3, 0.4) is 0 Å². The average molecular weight is 456 g/mol. The fourth-order valence-electron chi connectivity index (χ4n) is 4.61. The molecule has 7 heteroatoms. The summed E-state index contributed by atoms with van der Waals surface area (Å²) in [5.74, 6) is 0.450. The number of hydrogen-bond donors (Lipinski definition) is 1. The summed E-state index contributed by atoms with van der Waals surface area (Å²) in [5, 5.41) is 3.65. The monoisotopic (exact) mass is 455 g/mol. The number of nitrogens with zero attached hydrogens (tertiary/aromatic N) is 2. The summed E-state index contributed by atoms with van der Waals surface area (Å²) >= 11 is 6.14. The number of likely N-dealkylation sites (tertiary alicyclic amines) is 1. The van der Waals surface area contributed by atoms with Crippen molar-refractivity contribution in [2.24, 2.45) is 5.41 Å². The van der Waals surface area contributed by atoms with Gasteiger partial charge in [0.25, 0.3) is 11.8 Å². The SMILES string of the molecule is Cc1ccc(C(=O)N2CCC3(CCCCCOc4ccc(Cl)cc4C(=O)NC3)CC2)cn1. The van der Waals surface area contributed by atoms with E-state index in [0.29, 0.717) is 48.1 Å². The van der Waals surface area contributed by atoms with Crippen molar-refractivity contribution in [3.05, 3.63) is 58.4 Å². The van der Waals surface area contributed by atoms with E-state index < -0.39 is 0 Å². The van der Waals surface area contributed by atoms with Gasteiger partial charge in [-0.3, -0.25) is 14.6 Å². The van der Waals surface area contributed by atoms with Crippen molar-refractivity contribution in [1.29, 1.82) is 0 Å². The Morgan fingerprint density at radius 3 is 2.69 bits per heavy atom. The van der Waals surface area contributed by atoms with Gasteiger partial charge in [-0.05, 0) is 68.4 Å². The van der Waals surface area contributed by atoms with Gasteiger partial charge in [0.15, 0.2) is 0 Å². The van der Waals surface area contributed by atoms with E-state index in [1.54, 1.807) is 24.4 Å². The zero-order valence-electron chi connectivity index (χ0n) is 18.5. The van der Waals surface area contributed by atoms with E-state index in [-0.39, 0.29) is 17.2 Å². The third-order valence-corrected chi connectivity index (χ3v) is 6.92. The predicted octanol–water partition coefficient (Wildman–Crippen LogP) is 4.65. The number of aromatic nitrogens is 1. The Hall–Kier alpha value is -2.60. The van der Waals surface area contributed by atoms with E-state index in [1.807, 2.05) is 24.0 Å². The lowest BCUT2D eigenvalue weighted by Gasteiger charge is -2.42. The summed E-state index contributed by atoms with van der Waals surface area (Å²) in [5.41, 5.74) is 2.01. The van der Waals surface area contributed by atoms with Crippen molar-refractivity contribution < 1.29 is 14.3 Å². The maximum atomic E-state index is 13.0. The van der Waals surface area contributed by atoms with Crippen molar-refractivity contribution >= 4 is 23.4 Å². The first-order valence-corrected chi connectivity index (χ1v) is 11.8. The fourth-order valence-corrected chi connectivity index (χ4v) is 4.78. The second-order valence-electron chi connectivity index (χ2n) is 8.96. The van der Waals surface area contributed by atoms with Gasteiger partial charge in [-0.2, -0.15) is 0 Å². The number of pyridine rings is 1. The molecule has 6 nitrogen and oxygen atoms in total. The first kappa shape index (κ1) is 22.6. The van der Waals surface area contributed by atoms with E-state index in [9.17, 15) is 9.59 Å². The van der Waals surface area contributed by atoms with Crippen LogP contribution in [0.5, 0.6) is 5.75 Å². The van der Waals surface area contributed by atoms with E-state index >= 15 is 0 Å². The van der Waals surface area contributed by atoms with Crippen molar-refractivity contribution in [1.82, 2.24) is 15.2 Å². The third kappa shape index (κ3) is 5.23. The first-order chi connectivity index (χ1) is 15.5. The van der Waals surface area contributed by atoms with Gasteiger partial charge in [-0.1, -0.05) is 24.4 Å². The highest BCUT2D eigenvalue weighted by atomic mass is 35.5. The topological polar surface area (TPSA) is 71.5 Å². The minimum absolute atomic E-state index is 0.00322. The number of halogens is 1. The molecule has 4 rings (SSSR count). The molecule has 1 aromatic carbocycles. The first-order valence-electron chi connectivity index (χ1n) is 11.4. The van der Waals surface area contributed by atoms with E-state index in [2.05, 4.69) is 10.3 Å². The second-order valence-corrected chi connectivity index (χ2v) is 9.40. The molecular weight excluding hydrogens is 426 g/mol. The molecule has 1 spiro atoms. The van der Waals surface area contributed by atoms with Crippen LogP contribution < -0.4 is 10.1 Å². The van der Waals surface area contributed by atoms with Crippen LogP contribution in [0, 0.1) is 12.3 Å². The fraction of sp³-hybridized carbons (Fsp3) is 0.480. The summed E-state index contributed by atoms with van der Waals surface area (Å²) < 4.78 is 5.84. The zero-order valence-corrected chi connectivity index (χ0v) is 19.3. The molecule has 1 aromatic heterocycles. The molecule has 1 fully saturated rings. The van der Waals surface area contributed by atoms with Crippen LogP contribution in [0.15, 0.2) is 36.5 Å². The summed E-state index contributed by atoms with van der Waals surface area (Å²) in [6.07, 6.45) is 7.55. The van der Waals surface area contributed by atoms with Crippen molar-refractivity contribution in [3.63, 3.8) is 0 Å². The Balaban J connectivity index is 1.45. The predicted molar refractivity (Wildman–Crippen MR) is 124 cm³/mol. The number of nitrogens with one attached hydrogen (secondary N) is 1. The molecule has 1 saturated heterocycles. The molecule has 0 bridgehead atoms. The molecule has 3 heterocycles. The molecule has 2 aliphatic heterocycles. The molecular formula is C25H30ClN3O3. The van der Waals surface area contributed by atoms with Crippen LogP contribution >= 0.6 is 11.6 Å². The minimum Gasteiger partial charge on any atom is -0.493 e. The van der Waals surface area contributed by atoms with Gasteiger partial charge < -0.3 is 15.0 Å². The number of carbonyl (C=O) groups is 2. The van der Waals surface area contributed by atoms with Crippen molar-refractivity contribution in [2.75, 3.05) is 26.2 Å². The molecule has 0 unspecified atom stereocenters. The number of hydrogen-bond acceptors (Lipinski definition) is 4. The Labute approximate surface area is 194 Å². The molecule has 170 valence electrons. The van der Waals surface area contributed by atoms with Gasteiger partial charge in [-0.15, -0.1) is 0 Å². The molecule has 0 radical (unpaired) electrons. The van der Waals surface area contributed by atoms with Crippen LogP contribution in [0.1, 0.15) is 64.9 Å². The summed E-state index contributed by atoms with van der Waals surface area (Å²) in [6.45, 7) is 4.46. The lowest BCUT2D eigenvalue weighted by molar-refractivity contribution is 0.0533. The maximum Gasteiger partial charge on any atom is 0.255 e. The van der Waals surface area contributed by atoms with Crippen molar-refractivity contribution in [3.8, 4) is 5.75 Å². The molecule has 32 heavy (non-hydrogen) atoms. The molecule has 1 N–H and O–H groups in total. The highest BCUT2D eigenvalue weighted by molar-refractivity contribution is 6.31. The van der Waals surface area contributed by atoms with Crippen LogP contribution in [0.2, 0.25) is 5.02 Å². The van der Waals surface area contributed by atoms with E-state index in [0.717, 1.165) is 44.2 Å². The number of amides is 2. The Morgan fingerprint density at radius 2 is 1.94 bits per heavy atom. The normalized spacial score (nSPS) is 19.2. The zero-order chi connectivity index (χ0) is 22.6. The van der Waals surface area contributed by atoms with Crippen LogP contribution in [0.25, 0.3) is 0 Å². The van der Waals surface area contributed by atoms with Crippen LogP contribution in [-0.4, -0.2) is 47.9 Å². The number of rotatable bonds is 1. The average Bonchev–Trinajstić information content (AvgIpc) is 2.80. The van der Waals surface area contributed by atoms with Gasteiger partial charge >= 0.3 is 0 Å². The summed E-state index contributed by atoms with van der Waals surface area (Å²) in [6, 6.07) is 8.90. The van der Waals surface area contributed by atoms with Gasteiger partial charge in [0, 0.05) is 36.5 Å². The largest absolute Gasteiger partial charge is 0.493 e. The Bertz CT molecular complexity index is 969. The van der Waals surface area contributed by atoms with Crippen LogP contribution in [0.4, 0.5) is 0 Å². The van der Waals surface area contributed by atoms with Gasteiger partial charge in [0.2, 0.25) is 0 Å². The molecule has 0 atom stereocenters. The third-order valence-electron chi connectivity index (χ3n) is 6.69. The summed E-state index contributed by atoms with van der Waals surface area (Å²) in [4.78, 5) is 32.0. The lowest BCUT2D eigenvalue weighted by Crippen LogP contribution is -2.48. The quantitative estimate of drug-likeness (QED) is 0.679. The van der Waals surface area contributed by atoms with E-state index in [4.69, 9.17) is 16.3 Å². The standard InChI is InChI=1S/C25H30ClN3O3/c1-18-5-6-19(16-27-18)24(31)29-12-10-25(11-13-29)9-3-2-4-14-32-22-8-7-20(26)15-21(22)23(30)28-17-25/h5-8,15-16H,2-4,9-14,17H2,1H3,(H,28,30). The number of ether oxygens (including phenoxy) is 1. The smallest absolute Gasteiger partial charge is 0.255 e. The molecule has 0 aliphatic carbocycles. The number of carbonyl (C=O) groups excluding carboxylic acids is 2. The van der Waals surface area contributed by atoms with Crippen molar-refractivity contribution in [2.45, 2.75) is 45.4 Å². The maximum absolute atomic E-state index is 13.0. The van der Waals surface area contributed by atoms with Gasteiger partial charge in [0.1, 0.15) is 5.75 Å². The Kier molecular flexibility index (Phi) is 6.99. The number of aryl methyl sites for hydroxylation is 1. The van der Waals surface area contributed by atoms with Gasteiger partial charge in [-0.25, -0.2) is 0 Å². The number of fused-ring (bicyclic) bond motifs is 1. The summed E-state index contributed by atoms with van der Waals surface area (Å²) in [7, 11) is 0. The Morgan fingerprint density at radius 1 is 1.12 bits per heavy atom. The highest BCUT2D eigenvalue weighted by Gasteiger charge is 2.36. The minimum atomic E-state index is -0.160. The highest BCUT2D eigenvalue weighted by Crippen LogP contribution is 2.37. The van der Waals surface area contributed by atoms with E-state index in [1.165, 1.54) is 0 Å². The molecule has 2 amide bonds. The molecule has 0 saturated carbocycles. The molecule has 2 aromatic rings. The lowest BCUT2D eigenvalue weighted by atomic mass is 9.74. The molecule has 2 aliphatic rings. The van der Waals surface area contributed by atoms with Crippen LogP contribution in [-0.2, 0) is 0 Å². The number of benzene rings is 1. The van der Waals surface area contributed by atoms with Gasteiger partial charge in [0.05, 0.1) is 17.7 Å². The number of piperidine rings is 1.